The summed E-state index contributed by atoms with van der Waals surface area (Å²) in [4.78, 5) is 12.1. The Morgan fingerprint density at radius 1 is 1.24 bits per heavy atom. The molecule has 3 nitrogen and oxygen atoms in total. The molecule has 0 radical (unpaired) electrons. The molecule has 0 aliphatic rings. The molecule has 0 N–H and O–H groups in total. The smallest absolute Gasteiger partial charge is 0.180 e. The number of rotatable bonds is 5. The van der Waals surface area contributed by atoms with Crippen LogP contribution in [0.25, 0.3) is 0 Å². The van der Waals surface area contributed by atoms with E-state index in [0.29, 0.717) is 12.0 Å². The van der Waals surface area contributed by atoms with Crippen LogP contribution in [0.15, 0.2) is 28.7 Å². The van der Waals surface area contributed by atoms with Crippen molar-refractivity contribution >= 4 is 31.6 Å². The first-order valence-electron chi connectivity index (χ1n) is 5.43. The second-order valence-electron chi connectivity index (χ2n) is 3.72. The van der Waals surface area contributed by atoms with E-state index < -0.39 is 15.1 Å². The van der Waals surface area contributed by atoms with Gasteiger partial charge >= 0.3 is 0 Å². The highest BCUT2D eigenvalue weighted by Crippen LogP contribution is 2.17. The lowest BCUT2D eigenvalue weighted by atomic mass is 10.1. The van der Waals surface area contributed by atoms with Crippen LogP contribution in [0.2, 0.25) is 0 Å². The Bertz CT molecular complexity index is 491. The molecule has 0 saturated heterocycles. The minimum atomic E-state index is -3.33. The van der Waals surface area contributed by atoms with Crippen LogP contribution in [0.1, 0.15) is 30.6 Å². The number of carbonyl (C=O) groups is 1. The van der Waals surface area contributed by atoms with Crippen molar-refractivity contribution in [1.29, 1.82) is 0 Å². The molecule has 1 aromatic rings. The van der Waals surface area contributed by atoms with Crippen LogP contribution in [0.3, 0.4) is 0 Å². The summed E-state index contributed by atoms with van der Waals surface area (Å²) in [7, 11) is -3.33. The lowest BCUT2D eigenvalue weighted by molar-refractivity contribution is 0.0985. The molecule has 94 valence electrons. The van der Waals surface area contributed by atoms with Gasteiger partial charge in [0, 0.05) is 15.8 Å². The van der Waals surface area contributed by atoms with Gasteiger partial charge in [0.15, 0.2) is 15.6 Å². The molecule has 0 aliphatic carbocycles. The summed E-state index contributed by atoms with van der Waals surface area (Å²) in [6.07, 6.45) is 0.311. The van der Waals surface area contributed by atoms with Crippen molar-refractivity contribution in [3.05, 3.63) is 34.3 Å². The summed E-state index contributed by atoms with van der Waals surface area (Å²) in [6.45, 7) is 3.28. The van der Waals surface area contributed by atoms with Crippen LogP contribution in [0.5, 0.6) is 0 Å². The van der Waals surface area contributed by atoms with Gasteiger partial charge < -0.3 is 0 Å². The number of halogens is 1. The standard InChI is InChI=1S/C12H15BrO3S/c1-3-11(17(15,16)4-2)12(14)9-5-7-10(13)8-6-9/h5-8,11H,3-4H2,1-2H3. The highest BCUT2D eigenvalue weighted by Gasteiger charge is 2.29. The number of hydrogen-bond donors (Lipinski definition) is 0. The van der Waals surface area contributed by atoms with Crippen molar-refractivity contribution in [2.45, 2.75) is 25.5 Å². The van der Waals surface area contributed by atoms with Crippen LogP contribution in [0, 0.1) is 0 Å². The van der Waals surface area contributed by atoms with E-state index in [4.69, 9.17) is 0 Å². The molecule has 0 aromatic heterocycles. The van der Waals surface area contributed by atoms with Gasteiger partial charge in [-0.25, -0.2) is 8.42 Å². The van der Waals surface area contributed by atoms with E-state index in [1.54, 1.807) is 38.1 Å². The Morgan fingerprint density at radius 2 is 1.76 bits per heavy atom. The summed E-state index contributed by atoms with van der Waals surface area (Å²) >= 11 is 3.27. The largest absolute Gasteiger partial charge is 0.293 e. The summed E-state index contributed by atoms with van der Waals surface area (Å²) < 4.78 is 24.4. The molecule has 0 heterocycles. The third kappa shape index (κ3) is 3.39. The number of hydrogen-bond acceptors (Lipinski definition) is 3. The van der Waals surface area contributed by atoms with Crippen molar-refractivity contribution in [1.82, 2.24) is 0 Å². The van der Waals surface area contributed by atoms with Crippen molar-refractivity contribution in [2.75, 3.05) is 5.75 Å². The molecule has 0 bridgehead atoms. The molecule has 0 saturated carbocycles. The van der Waals surface area contributed by atoms with E-state index in [1.165, 1.54) is 0 Å². The molecule has 1 atom stereocenters. The number of carbonyl (C=O) groups excluding carboxylic acids is 1. The van der Waals surface area contributed by atoms with E-state index in [2.05, 4.69) is 15.9 Å². The van der Waals surface area contributed by atoms with E-state index in [9.17, 15) is 13.2 Å². The van der Waals surface area contributed by atoms with Crippen LogP contribution in [-0.4, -0.2) is 25.2 Å². The molecule has 0 fully saturated rings. The van der Waals surface area contributed by atoms with Crippen molar-refractivity contribution in [3.63, 3.8) is 0 Å². The number of benzene rings is 1. The second-order valence-corrected chi connectivity index (χ2v) is 7.11. The van der Waals surface area contributed by atoms with Crippen LogP contribution in [-0.2, 0) is 9.84 Å². The summed E-state index contributed by atoms with van der Waals surface area (Å²) in [5, 5.41) is -0.923. The Labute approximate surface area is 110 Å². The maximum absolute atomic E-state index is 12.1. The average molecular weight is 319 g/mol. The second kappa shape index (κ2) is 5.78. The Hall–Kier alpha value is -0.680. The summed E-state index contributed by atoms with van der Waals surface area (Å²) in [6, 6.07) is 6.75. The van der Waals surface area contributed by atoms with Gasteiger partial charge in [-0.1, -0.05) is 41.9 Å². The number of sulfone groups is 1. The van der Waals surface area contributed by atoms with Gasteiger partial charge in [-0.15, -0.1) is 0 Å². The molecule has 5 heteroatoms. The minimum absolute atomic E-state index is 0.00618. The van der Waals surface area contributed by atoms with Crippen LogP contribution in [0.4, 0.5) is 0 Å². The van der Waals surface area contributed by atoms with E-state index in [-0.39, 0.29) is 11.5 Å². The van der Waals surface area contributed by atoms with Gasteiger partial charge in [-0.3, -0.25) is 4.79 Å². The van der Waals surface area contributed by atoms with E-state index in [0.717, 1.165) is 4.47 Å². The normalized spacial score (nSPS) is 13.4. The fourth-order valence-electron chi connectivity index (χ4n) is 1.60. The van der Waals surface area contributed by atoms with Crippen molar-refractivity contribution in [2.24, 2.45) is 0 Å². The molecular formula is C12H15BrO3S. The zero-order valence-corrected chi connectivity index (χ0v) is 12.2. The van der Waals surface area contributed by atoms with Gasteiger partial charge in [-0.2, -0.15) is 0 Å². The Balaban J connectivity index is 3.07. The first kappa shape index (κ1) is 14.4. The van der Waals surface area contributed by atoms with Crippen LogP contribution >= 0.6 is 15.9 Å². The molecule has 17 heavy (non-hydrogen) atoms. The third-order valence-corrected chi connectivity index (χ3v) is 5.38. The quantitative estimate of drug-likeness (QED) is 0.784. The number of ketones is 1. The Morgan fingerprint density at radius 3 is 2.18 bits per heavy atom. The summed E-state index contributed by atoms with van der Waals surface area (Å²) in [5.41, 5.74) is 0.442. The molecule has 0 aliphatic heterocycles. The fourth-order valence-corrected chi connectivity index (χ4v) is 3.24. The SMILES string of the molecule is CCC(C(=O)c1ccc(Br)cc1)S(=O)(=O)CC. The van der Waals surface area contributed by atoms with E-state index in [1.807, 2.05) is 0 Å². The van der Waals surface area contributed by atoms with Gasteiger partial charge in [0.1, 0.15) is 5.25 Å². The average Bonchev–Trinajstić information content (AvgIpc) is 2.30. The molecular weight excluding hydrogens is 304 g/mol. The van der Waals surface area contributed by atoms with Gasteiger partial charge in [-0.05, 0) is 18.6 Å². The third-order valence-electron chi connectivity index (χ3n) is 2.63. The fraction of sp³-hybridized carbons (Fsp3) is 0.417. The lowest BCUT2D eigenvalue weighted by Crippen LogP contribution is -2.31. The zero-order valence-electron chi connectivity index (χ0n) is 9.81. The first-order valence-corrected chi connectivity index (χ1v) is 7.94. The van der Waals surface area contributed by atoms with Crippen molar-refractivity contribution < 1.29 is 13.2 Å². The minimum Gasteiger partial charge on any atom is -0.293 e. The maximum Gasteiger partial charge on any atom is 0.180 e. The topological polar surface area (TPSA) is 51.2 Å². The highest BCUT2D eigenvalue weighted by atomic mass is 79.9. The van der Waals surface area contributed by atoms with Gasteiger partial charge in [0.05, 0.1) is 0 Å². The highest BCUT2D eigenvalue weighted by molar-refractivity contribution is 9.10. The zero-order chi connectivity index (χ0) is 13.1. The Kier molecular flexibility index (Phi) is 4.89. The maximum atomic E-state index is 12.1. The van der Waals surface area contributed by atoms with Gasteiger partial charge in [0.2, 0.25) is 0 Å². The molecule has 1 rings (SSSR count). The molecule has 1 aromatic carbocycles. The summed E-state index contributed by atoms with van der Waals surface area (Å²) in [5.74, 6) is -0.324. The monoisotopic (exact) mass is 318 g/mol. The number of Topliss-reactive ketones (excluding diaryl/α,β-unsaturated/α-hetero) is 1. The van der Waals surface area contributed by atoms with Crippen LogP contribution < -0.4 is 0 Å². The lowest BCUT2D eigenvalue weighted by Gasteiger charge is -2.13. The predicted octanol–water partition coefficient (Wildman–Crippen LogP) is 2.85. The molecule has 0 spiro atoms. The van der Waals surface area contributed by atoms with E-state index >= 15 is 0 Å². The predicted molar refractivity (Wildman–Crippen MR) is 72.0 cm³/mol. The molecule has 0 amide bonds. The van der Waals surface area contributed by atoms with Crippen molar-refractivity contribution in [3.8, 4) is 0 Å². The first-order chi connectivity index (χ1) is 7.92. The van der Waals surface area contributed by atoms with Gasteiger partial charge in [0.25, 0.3) is 0 Å². The molecule has 1 unspecified atom stereocenters.